The van der Waals surface area contributed by atoms with Gasteiger partial charge in [-0.25, -0.2) is 0 Å². The fourth-order valence-electron chi connectivity index (χ4n) is 2.48. The Labute approximate surface area is 157 Å². The average molecular weight is 368 g/mol. The van der Waals surface area contributed by atoms with Gasteiger partial charge in [0, 0.05) is 18.4 Å². The van der Waals surface area contributed by atoms with Crippen molar-refractivity contribution in [1.82, 2.24) is 0 Å². The van der Waals surface area contributed by atoms with Crippen LogP contribution in [-0.2, 0) is 11.3 Å². The average Bonchev–Trinajstić information content (AvgIpc) is 2.66. The number of para-hydroxylation sites is 1. The molecule has 132 valence electrons. The van der Waals surface area contributed by atoms with E-state index in [9.17, 15) is 4.79 Å². The molecule has 1 N–H and O–H groups in total. The smallest absolute Gasteiger partial charge is 0.256 e. The first kappa shape index (κ1) is 18.0. The molecule has 0 radical (unpaired) electrons. The molecule has 0 fully saturated rings. The molecule has 4 nitrogen and oxygen atoms in total. The minimum absolute atomic E-state index is 0.183. The van der Waals surface area contributed by atoms with Crippen LogP contribution in [0.15, 0.2) is 72.8 Å². The highest BCUT2D eigenvalue weighted by atomic mass is 35.5. The summed E-state index contributed by atoms with van der Waals surface area (Å²) in [4.78, 5) is 12.5. The number of hydrogen-bond acceptors (Lipinski definition) is 3. The van der Waals surface area contributed by atoms with Crippen LogP contribution in [0.2, 0.25) is 5.02 Å². The third-order valence-corrected chi connectivity index (χ3v) is 4.05. The van der Waals surface area contributed by atoms with E-state index in [0.29, 0.717) is 34.4 Å². The number of carbonyl (C=O) groups excluding carboxylic acids is 1. The highest BCUT2D eigenvalue weighted by Crippen LogP contribution is 2.29. The van der Waals surface area contributed by atoms with Gasteiger partial charge in [-0.05, 0) is 48.0 Å². The van der Waals surface area contributed by atoms with E-state index in [1.165, 1.54) is 0 Å². The maximum absolute atomic E-state index is 12.5. The summed E-state index contributed by atoms with van der Waals surface area (Å²) in [5, 5.41) is 3.42. The Balaban J connectivity index is 1.70. The first-order valence-corrected chi connectivity index (χ1v) is 8.46. The van der Waals surface area contributed by atoms with Crippen LogP contribution in [0.25, 0.3) is 0 Å². The Morgan fingerprint density at radius 1 is 0.962 bits per heavy atom. The number of amides is 1. The van der Waals surface area contributed by atoms with Gasteiger partial charge < -0.3 is 14.8 Å². The molecule has 0 bridgehead atoms. The maximum atomic E-state index is 12.5. The molecule has 3 aromatic carbocycles. The third-order valence-electron chi connectivity index (χ3n) is 3.74. The number of benzene rings is 3. The summed E-state index contributed by atoms with van der Waals surface area (Å²) in [6, 6.07) is 21.7. The van der Waals surface area contributed by atoms with Gasteiger partial charge in [0.1, 0.15) is 11.5 Å². The Hall–Kier alpha value is -2.82. The predicted molar refractivity (Wildman–Crippen MR) is 103 cm³/mol. The van der Waals surface area contributed by atoms with Crippen molar-refractivity contribution >= 4 is 23.2 Å². The number of carbonyl (C=O) groups is 1. The highest BCUT2D eigenvalue weighted by molar-refractivity contribution is 6.32. The van der Waals surface area contributed by atoms with Crippen LogP contribution in [0.3, 0.4) is 0 Å². The van der Waals surface area contributed by atoms with Crippen molar-refractivity contribution in [2.45, 2.75) is 6.61 Å². The van der Waals surface area contributed by atoms with Crippen molar-refractivity contribution in [2.75, 3.05) is 12.4 Å². The molecule has 0 atom stereocenters. The number of rotatable bonds is 6. The summed E-state index contributed by atoms with van der Waals surface area (Å²) in [5.74, 6) is 1.03. The van der Waals surface area contributed by atoms with Crippen LogP contribution in [-0.4, -0.2) is 13.0 Å². The van der Waals surface area contributed by atoms with E-state index in [4.69, 9.17) is 21.1 Å². The van der Waals surface area contributed by atoms with Gasteiger partial charge in [-0.15, -0.1) is 0 Å². The molecule has 0 aliphatic carbocycles. The van der Waals surface area contributed by atoms with Crippen LogP contribution in [0.5, 0.6) is 11.5 Å². The molecule has 0 heterocycles. The number of nitrogens with one attached hydrogen (secondary N) is 1. The SMILES string of the molecule is COCc1ccccc1C(=O)Nc1ccc(Oc2ccccc2Cl)cc1. The van der Waals surface area contributed by atoms with Crippen LogP contribution in [0.1, 0.15) is 15.9 Å². The Kier molecular flexibility index (Phi) is 5.89. The second-order valence-corrected chi connectivity index (χ2v) is 6.01. The van der Waals surface area contributed by atoms with Crippen molar-refractivity contribution in [2.24, 2.45) is 0 Å². The van der Waals surface area contributed by atoms with Gasteiger partial charge in [0.2, 0.25) is 0 Å². The lowest BCUT2D eigenvalue weighted by atomic mass is 10.1. The van der Waals surface area contributed by atoms with Gasteiger partial charge in [-0.1, -0.05) is 41.9 Å². The summed E-state index contributed by atoms with van der Waals surface area (Å²) in [5.41, 5.74) is 2.10. The van der Waals surface area contributed by atoms with Crippen molar-refractivity contribution < 1.29 is 14.3 Å². The van der Waals surface area contributed by atoms with Gasteiger partial charge in [0.15, 0.2) is 0 Å². The molecule has 0 saturated heterocycles. The Morgan fingerprint density at radius 2 is 1.65 bits per heavy atom. The number of anilines is 1. The Bertz CT molecular complexity index is 894. The fraction of sp³-hybridized carbons (Fsp3) is 0.0952. The van der Waals surface area contributed by atoms with E-state index >= 15 is 0 Å². The van der Waals surface area contributed by atoms with Crippen molar-refractivity contribution in [3.05, 3.63) is 88.9 Å². The van der Waals surface area contributed by atoms with Crippen LogP contribution in [0, 0.1) is 0 Å². The first-order valence-electron chi connectivity index (χ1n) is 8.08. The maximum Gasteiger partial charge on any atom is 0.256 e. The van der Waals surface area contributed by atoms with Crippen molar-refractivity contribution in [1.29, 1.82) is 0 Å². The Morgan fingerprint density at radius 3 is 2.38 bits per heavy atom. The molecule has 26 heavy (non-hydrogen) atoms. The largest absolute Gasteiger partial charge is 0.456 e. The van der Waals surface area contributed by atoms with Gasteiger partial charge in [0.05, 0.1) is 11.6 Å². The highest BCUT2D eigenvalue weighted by Gasteiger charge is 2.11. The molecule has 5 heteroatoms. The number of halogens is 1. The second-order valence-electron chi connectivity index (χ2n) is 5.60. The zero-order chi connectivity index (χ0) is 18.4. The minimum Gasteiger partial charge on any atom is -0.456 e. The van der Waals surface area contributed by atoms with E-state index < -0.39 is 0 Å². The van der Waals surface area contributed by atoms with Crippen molar-refractivity contribution in [3.63, 3.8) is 0 Å². The lowest BCUT2D eigenvalue weighted by Crippen LogP contribution is -2.14. The normalized spacial score (nSPS) is 10.4. The molecule has 0 aliphatic heterocycles. The second kappa shape index (κ2) is 8.52. The lowest BCUT2D eigenvalue weighted by Gasteiger charge is -2.11. The van der Waals surface area contributed by atoms with E-state index in [0.717, 1.165) is 5.56 Å². The summed E-state index contributed by atoms with van der Waals surface area (Å²) in [6.07, 6.45) is 0. The summed E-state index contributed by atoms with van der Waals surface area (Å²) < 4.78 is 10.9. The third kappa shape index (κ3) is 4.42. The number of ether oxygens (including phenoxy) is 2. The van der Waals surface area contributed by atoms with E-state index in [2.05, 4.69) is 5.32 Å². The molecule has 3 aromatic rings. The number of methoxy groups -OCH3 is 1. The van der Waals surface area contributed by atoms with E-state index in [1.54, 1.807) is 49.6 Å². The quantitative estimate of drug-likeness (QED) is 0.623. The molecule has 1 amide bonds. The lowest BCUT2D eigenvalue weighted by molar-refractivity contribution is 0.102. The van der Waals surface area contributed by atoms with E-state index in [1.807, 2.05) is 30.3 Å². The molecule has 0 aliphatic rings. The zero-order valence-electron chi connectivity index (χ0n) is 14.2. The molecular formula is C21H18ClNO3. The summed E-state index contributed by atoms with van der Waals surface area (Å²) >= 11 is 6.09. The molecule has 3 rings (SSSR count). The van der Waals surface area contributed by atoms with Gasteiger partial charge >= 0.3 is 0 Å². The van der Waals surface area contributed by atoms with Gasteiger partial charge in [-0.2, -0.15) is 0 Å². The monoisotopic (exact) mass is 367 g/mol. The molecule has 0 aromatic heterocycles. The van der Waals surface area contributed by atoms with Crippen LogP contribution in [0.4, 0.5) is 5.69 Å². The summed E-state index contributed by atoms with van der Waals surface area (Å²) in [6.45, 7) is 0.383. The predicted octanol–water partition coefficient (Wildman–Crippen LogP) is 5.53. The standard InChI is InChI=1S/C21H18ClNO3/c1-25-14-15-6-2-3-7-18(15)21(24)23-16-10-12-17(13-11-16)26-20-9-5-4-8-19(20)22/h2-13H,14H2,1H3,(H,23,24). The molecule has 0 spiro atoms. The number of hydrogen-bond donors (Lipinski definition) is 1. The van der Waals surface area contributed by atoms with Crippen molar-refractivity contribution in [3.8, 4) is 11.5 Å². The first-order chi connectivity index (χ1) is 12.7. The van der Waals surface area contributed by atoms with Gasteiger partial charge in [-0.3, -0.25) is 4.79 Å². The van der Waals surface area contributed by atoms with Crippen LogP contribution >= 0.6 is 11.6 Å². The fourth-order valence-corrected chi connectivity index (χ4v) is 2.66. The molecular weight excluding hydrogens is 350 g/mol. The van der Waals surface area contributed by atoms with Gasteiger partial charge in [0.25, 0.3) is 5.91 Å². The minimum atomic E-state index is -0.183. The molecule has 0 unspecified atom stereocenters. The van der Waals surface area contributed by atoms with Crippen LogP contribution < -0.4 is 10.1 Å². The summed E-state index contributed by atoms with van der Waals surface area (Å²) in [7, 11) is 1.60. The zero-order valence-corrected chi connectivity index (χ0v) is 15.0. The van der Waals surface area contributed by atoms with E-state index in [-0.39, 0.29) is 5.91 Å². The molecule has 0 saturated carbocycles. The topological polar surface area (TPSA) is 47.6 Å².